The highest BCUT2D eigenvalue weighted by atomic mass is 16.1. The number of carbonyl (C=O) groups is 1. The van der Waals surface area contributed by atoms with Gasteiger partial charge in [-0.1, -0.05) is 6.92 Å². The predicted molar refractivity (Wildman–Crippen MR) is 73.9 cm³/mol. The van der Waals surface area contributed by atoms with Gasteiger partial charge in [-0.2, -0.15) is 0 Å². The lowest BCUT2D eigenvalue weighted by Gasteiger charge is -2.11. The van der Waals surface area contributed by atoms with Crippen LogP contribution in [0.15, 0.2) is 18.3 Å². The van der Waals surface area contributed by atoms with Gasteiger partial charge in [-0.05, 0) is 32.6 Å². The highest BCUT2D eigenvalue weighted by Gasteiger charge is 2.06. The zero-order valence-electron chi connectivity index (χ0n) is 11.4. The first-order valence-electron chi connectivity index (χ1n) is 6.26. The summed E-state index contributed by atoms with van der Waals surface area (Å²) in [6.07, 6.45) is 2.68. The van der Waals surface area contributed by atoms with Crippen LogP contribution in [-0.2, 0) is 0 Å². The van der Waals surface area contributed by atoms with E-state index in [0.29, 0.717) is 12.1 Å². The van der Waals surface area contributed by atoms with Crippen molar-refractivity contribution in [2.24, 2.45) is 0 Å². The molecule has 0 radical (unpaired) electrons. The lowest BCUT2D eigenvalue weighted by molar-refractivity contribution is 0.0951. The van der Waals surface area contributed by atoms with Crippen molar-refractivity contribution in [1.29, 1.82) is 0 Å². The fourth-order valence-electron chi connectivity index (χ4n) is 1.42. The molecule has 5 nitrogen and oxygen atoms in total. The molecule has 1 heterocycles. The Morgan fingerprint density at radius 3 is 2.83 bits per heavy atom. The van der Waals surface area contributed by atoms with Crippen molar-refractivity contribution in [2.75, 3.05) is 39.0 Å². The molecule has 0 unspecified atom stereocenters. The topological polar surface area (TPSA) is 57.3 Å². The van der Waals surface area contributed by atoms with Gasteiger partial charge in [0.2, 0.25) is 0 Å². The molecule has 0 aliphatic heterocycles. The number of rotatable bonds is 7. The van der Waals surface area contributed by atoms with E-state index in [1.807, 2.05) is 19.0 Å². The van der Waals surface area contributed by atoms with Crippen molar-refractivity contribution in [2.45, 2.75) is 13.3 Å². The number of aromatic nitrogens is 1. The molecule has 1 aromatic rings. The molecule has 0 fully saturated rings. The summed E-state index contributed by atoms with van der Waals surface area (Å²) in [5.41, 5.74) is 0.641. The minimum absolute atomic E-state index is 0.0567. The van der Waals surface area contributed by atoms with E-state index in [1.165, 1.54) is 0 Å². The minimum atomic E-state index is -0.0567. The van der Waals surface area contributed by atoms with Gasteiger partial charge >= 0.3 is 0 Å². The smallest absolute Gasteiger partial charge is 0.251 e. The number of carbonyl (C=O) groups excluding carboxylic acids is 1. The van der Waals surface area contributed by atoms with Crippen molar-refractivity contribution in [1.82, 2.24) is 15.2 Å². The first-order valence-corrected chi connectivity index (χ1v) is 6.26. The highest BCUT2D eigenvalue weighted by Crippen LogP contribution is 2.06. The van der Waals surface area contributed by atoms with E-state index in [2.05, 4.69) is 22.5 Å². The molecular formula is C13H22N4O. The summed E-state index contributed by atoms with van der Waals surface area (Å²) in [6.45, 7) is 4.42. The van der Waals surface area contributed by atoms with Crippen LogP contribution < -0.4 is 10.6 Å². The second kappa shape index (κ2) is 7.66. The van der Waals surface area contributed by atoms with Crippen LogP contribution in [-0.4, -0.2) is 49.5 Å². The zero-order valence-corrected chi connectivity index (χ0v) is 11.4. The van der Waals surface area contributed by atoms with Crippen LogP contribution in [0.4, 0.5) is 5.82 Å². The van der Waals surface area contributed by atoms with Crippen molar-refractivity contribution in [3.8, 4) is 0 Å². The first kappa shape index (κ1) is 14.4. The molecule has 1 amide bonds. The van der Waals surface area contributed by atoms with Gasteiger partial charge in [-0.15, -0.1) is 0 Å². The highest BCUT2D eigenvalue weighted by molar-refractivity contribution is 5.94. The van der Waals surface area contributed by atoms with Gasteiger partial charge in [-0.3, -0.25) is 4.79 Å². The van der Waals surface area contributed by atoms with E-state index in [0.717, 1.165) is 25.3 Å². The Hall–Kier alpha value is -1.62. The van der Waals surface area contributed by atoms with Gasteiger partial charge in [0.05, 0.1) is 0 Å². The van der Waals surface area contributed by atoms with Crippen LogP contribution >= 0.6 is 0 Å². The summed E-state index contributed by atoms with van der Waals surface area (Å²) in [7, 11) is 3.96. The third-order valence-electron chi connectivity index (χ3n) is 2.42. The number of nitrogens with one attached hydrogen (secondary N) is 2. The zero-order chi connectivity index (χ0) is 13.4. The SMILES string of the molecule is CCCNc1cc(C(=O)NCCN(C)C)ccn1. The van der Waals surface area contributed by atoms with Crippen LogP contribution in [0.1, 0.15) is 23.7 Å². The molecule has 0 saturated heterocycles. The number of anilines is 1. The van der Waals surface area contributed by atoms with Crippen molar-refractivity contribution in [3.05, 3.63) is 23.9 Å². The maximum Gasteiger partial charge on any atom is 0.251 e. The van der Waals surface area contributed by atoms with Gasteiger partial charge in [0, 0.05) is 31.4 Å². The minimum Gasteiger partial charge on any atom is -0.370 e. The molecule has 2 N–H and O–H groups in total. The number of hydrogen-bond acceptors (Lipinski definition) is 4. The molecule has 0 saturated carbocycles. The van der Waals surface area contributed by atoms with Gasteiger partial charge in [0.15, 0.2) is 0 Å². The van der Waals surface area contributed by atoms with E-state index in [4.69, 9.17) is 0 Å². The molecule has 18 heavy (non-hydrogen) atoms. The lowest BCUT2D eigenvalue weighted by Crippen LogP contribution is -2.31. The third-order valence-corrected chi connectivity index (χ3v) is 2.42. The molecule has 5 heteroatoms. The van der Waals surface area contributed by atoms with Gasteiger partial charge in [0.25, 0.3) is 5.91 Å². The van der Waals surface area contributed by atoms with Crippen LogP contribution in [0, 0.1) is 0 Å². The van der Waals surface area contributed by atoms with E-state index < -0.39 is 0 Å². The summed E-state index contributed by atoms with van der Waals surface area (Å²) in [4.78, 5) is 18.1. The standard InChI is InChI=1S/C13H22N4O/c1-4-6-14-12-10-11(5-7-15-12)13(18)16-8-9-17(2)3/h5,7,10H,4,6,8-9H2,1-3H3,(H,14,15)(H,16,18). The lowest BCUT2D eigenvalue weighted by atomic mass is 10.2. The molecule has 0 aromatic carbocycles. The molecule has 0 aliphatic carbocycles. The molecule has 100 valence electrons. The molecule has 0 atom stereocenters. The molecule has 0 bridgehead atoms. The molecule has 0 aliphatic rings. The van der Waals surface area contributed by atoms with Gasteiger partial charge in [-0.25, -0.2) is 4.98 Å². The van der Waals surface area contributed by atoms with Crippen molar-refractivity contribution < 1.29 is 4.79 Å². The van der Waals surface area contributed by atoms with Crippen LogP contribution in [0.2, 0.25) is 0 Å². The number of likely N-dealkylation sites (N-methyl/N-ethyl adjacent to an activating group) is 1. The van der Waals surface area contributed by atoms with Crippen LogP contribution in [0.5, 0.6) is 0 Å². The largest absolute Gasteiger partial charge is 0.370 e. The van der Waals surface area contributed by atoms with Crippen molar-refractivity contribution >= 4 is 11.7 Å². The fourth-order valence-corrected chi connectivity index (χ4v) is 1.42. The second-order valence-corrected chi connectivity index (χ2v) is 4.42. The van der Waals surface area contributed by atoms with E-state index in [1.54, 1.807) is 18.3 Å². The molecule has 1 aromatic heterocycles. The summed E-state index contributed by atoms with van der Waals surface area (Å²) in [5, 5.41) is 6.04. The Balaban J connectivity index is 2.51. The number of hydrogen-bond donors (Lipinski definition) is 2. The number of pyridine rings is 1. The van der Waals surface area contributed by atoms with Crippen LogP contribution in [0.3, 0.4) is 0 Å². The first-order chi connectivity index (χ1) is 8.63. The Bertz CT molecular complexity index is 379. The second-order valence-electron chi connectivity index (χ2n) is 4.42. The van der Waals surface area contributed by atoms with Gasteiger partial charge < -0.3 is 15.5 Å². The Kier molecular flexibility index (Phi) is 6.14. The third kappa shape index (κ3) is 5.14. The van der Waals surface area contributed by atoms with Crippen LogP contribution in [0.25, 0.3) is 0 Å². The maximum atomic E-state index is 11.9. The Morgan fingerprint density at radius 1 is 1.39 bits per heavy atom. The normalized spacial score (nSPS) is 10.4. The fraction of sp³-hybridized carbons (Fsp3) is 0.538. The summed E-state index contributed by atoms with van der Waals surface area (Å²) >= 11 is 0. The van der Waals surface area contributed by atoms with E-state index >= 15 is 0 Å². The maximum absolute atomic E-state index is 11.9. The average molecular weight is 250 g/mol. The quantitative estimate of drug-likeness (QED) is 0.763. The molecule has 0 spiro atoms. The molecular weight excluding hydrogens is 228 g/mol. The van der Waals surface area contributed by atoms with E-state index in [9.17, 15) is 4.79 Å². The Morgan fingerprint density at radius 2 is 2.17 bits per heavy atom. The summed E-state index contributed by atoms with van der Waals surface area (Å²) < 4.78 is 0. The average Bonchev–Trinajstić information content (AvgIpc) is 2.36. The summed E-state index contributed by atoms with van der Waals surface area (Å²) in [5.74, 6) is 0.691. The Labute approximate surface area is 109 Å². The summed E-state index contributed by atoms with van der Waals surface area (Å²) in [6, 6.07) is 3.50. The van der Waals surface area contributed by atoms with E-state index in [-0.39, 0.29) is 5.91 Å². The van der Waals surface area contributed by atoms with Gasteiger partial charge in [0.1, 0.15) is 5.82 Å². The monoisotopic (exact) mass is 250 g/mol. The molecule has 1 rings (SSSR count). The van der Waals surface area contributed by atoms with Crippen molar-refractivity contribution in [3.63, 3.8) is 0 Å². The number of nitrogens with zero attached hydrogens (tertiary/aromatic N) is 2. The predicted octanol–water partition coefficient (Wildman–Crippen LogP) is 1.19. The number of amides is 1.